The van der Waals surface area contributed by atoms with Crippen LogP contribution >= 0.6 is 7.60 Å². The van der Waals surface area contributed by atoms with E-state index in [0.29, 0.717) is 0 Å². The maximum Gasteiger partial charge on any atom is 0.339 e. The molecule has 0 saturated heterocycles. The van der Waals surface area contributed by atoms with Gasteiger partial charge in [0.25, 0.3) is 0 Å². The average Bonchev–Trinajstić information content (AvgIpc) is 2.44. The molecule has 140 valence electrons. The van der Waals surface area contributed by atoms with Crippen LogP contribution in [0.1, 0.15) is 71.1 Å². The second-order valence-electron chi connectivity index (χ2n) is 5.61. The highest BCUT2D eigenvalue weighted by atomic mass is 31.2. The van der Waals surface area contributed by atoms with Crippen molar-refractivity contribution in [3.05, 3.63) is 0 Å². The first-order valence-electron chi connectivity index (χ1n) is 8.50. The van der Waals surface area contributed by atoms with Crippen molar-refractivity contribution in [1.29, 1.82) is 0 Å². The topological polar surface area (TPSA) is 133 Å². The van der Waals surface area contributed by atoms with Crippen LogP contribution in [0, 0.1) is 0 Å². The molecule has 0 fully saturated rings. The zero-order valence-corrected chi connectivity index (χ0v) is 15.3. The minimum atomic E-state index is -4.10. The largest absolute Gasteiger partial charge is 0.480 e. The van der Waals surface area contributed by atoms with Crippen LogP contribution < -0.4 is 11.1 Å². The molecule has 0 aromatic heterocycles. The number of carboxylic acid groups (broad SMARTS) is 1. The van der Waals surface area contributed by atoms with Crippen LogP contribution in [0.15, 0.2) is 0 Å². The first-order valence-corrected chi connectivity index (χ1v) is 10.3. The average molecular weight is 354 g/mol. The molecule has 7 nitrogen and oxygen atoms in total. The molecule has 0 spiro atoms. The van der Waals surface area contributed by atoms with Crippen molar-refractivity contribution < 1.29 is 24.3 Å². The van der Waals surface area contributed by atoms with Crippen molar-refractivity contribution >= 4 is 13.6 Å². The third-order valence-electron chi connectivity index (χ3n) is 3.15. The minimum Gasteiger partial charge on any atom is -0.480 e. The number of hydrogen-bond acceptors (Lipinski definition) is 4. The Kier molecular flexibility index (Phi) is 19.3. The van der Waals surface area contributed by atoms with E-state index in [1.165, 1.54) is 64.2 Å². The Morgan fingerprint density at radius 1 is 0.957 bits per heavy atom. The van der Waals surface area contributed by atoms with Gasteiger partial charge >= 0.3 is 13.6 Å². The number of carboxylic acids is 1. The summed E-state index contributed by atoms with van der Waals surface area (Å²) in [5, 5.41) is 10.1. The van der Waals surface area contributed by atoms with E-state index < -0.39 is 26.4 Å². The van der Waals surface area contributed by atoms with E-state index in [9.17, 15) is 9.36 Å². The fraction of sp³-hybridized carbons (Fsp3) is 0.933. The minimum absolute atomic E-state index is 0.439. The Hall–Kier alpha value is -0.460. The summed E-state index contributed by atoms with van der Waals surface area (Å²) in [7, 11) is -4.10. The lowest BCUT2D eigenvalue weighted by atomic mass is 10.1. The maximum absolute atomic E-state index is 10.1. The molecule has 0 saturated carbocycles. The Labute approximate surface area is 140 Å². The summed E-state index contributed by atoms with van der Waals surface area (Å²) in [6.07, 6.45) is 13.3. The van der Waals surface area contributed by atoms with Gasteiger partial charge in [-0.1, -0.05) is 64.7 Å². The van der Waals surface area contributed by atoms with Crippen molar-refractivity contribution in [3.8, 4) is 0 Å². The summed E-state index contributed by atoms with van der Waals surface area (Å²) in [4.78, 5) is 26.1. The van der Waals surface area contributed by atoms with Gasteiger partial charge in [0, 0.05) is 0 Å². The summed E-state index contributed by atoms with van der Waals surface area (Å²) in [5.41, 5.74) is 5.42. The lowest BCUT2D eigenvalue weighted by Crippen LogP contribution is -2.23. The van der Waals surface area contributed by atoms with E-state index in [-0.39, 0.29) is 0 Å². The number of unbranched alkanes of at least 4 members (excludes halogenated alkanes) is 9. The zero-order chi connectivity index (χ0) is 18.0. The SMILES string of the molecule is CCCCCCCCCCCCN.O=C(O)CNCP(=O)(O)O. The Morgan fingerprint density at radius 3 is 1.74 bits per heavy atom. The van der Waals surface area contributed by atoms with Gasteiger partial charge in [0.05, 0.1) is 12.8 Å². The van der Waals surface area contributed by atoms with Crippen molar-refractivity contribution in [2.24, 2.45) is 5.73 Å². The van der Waals surface area contributed by atoms with Gasteiger partial charge in [0.15, 0.2) is 0 Å². The smallest absolute Gasteiger partial charge is 0.339 e. The third-order valence-corrected chi connectivity index (χ3v) is 3.79. The number of carbonyl (C=O) groups is 1. The van der Waals surface area contributed by atoms with Gasteiger partial charge in [-0.15, -0.1) is 0 Å². The molecule has 0 aliphatic carbocycles. The number of rotatable bonds is 14. The molecule has 0 bridgehead atoms. The molecular weight excluding hydrogens is 319 g/mol. The molecule has 0 radical (unpaired) electrons. The monoisotopic (exact) mass is 354 g/mol. The van der Waals surface area contributed by atoms with E-state index in [2.05, 4.69) is 12.2 Å². The van der Waals surface area contributed by atoms with Crippen LogP contribution in [0.3, 0.4) is 0 Å². The second kappa shape index (κ2) is 17.9. The van der Waals surface area contributed by atoms with Crippen LogP contribution in [-0.2, 0) is 9.36 Å². The summed E-state index contributed by atoms with van der Waals surface area (Å²) < 4.78 is 10.1. The normalized spacial score (nSPS) is 11.0. The summed E-state index contributed by atoms with van der Waals surface area (Å²) in [6, 6.07) is 0. The standard InChI is InChI=1S/C12H27N.C3H8NO5P/c1-2-3-4-5-6-7-8-9-10-11-12-13;5-3(6)1-4-2-10(7,8)9/h2-13H2,1H3;4H,1-2H2,(H,5,6)(H2,7,8,9). The summed E-state index contributed by atoms with van der Waals surface area (Å²) >= 11 is 0. The molecule has 23 heavy (non-hydrogen) atoms. The molecular formula is C15H35N2O5P. The Morgan fingerprint density at radius 2 is 1.39 bits per heavy atom. The van der Waals surface area contributed by atoms with E-state index in [1.807, 2.05) is 0 Å². The van der Waals surface area contributed by atoms with Crippen molar-refractivity contribution in [2.75, 3.05) is 19.4 Å². The summed E-state index contributed by atoms with van der Waals surface area (Å²) in [5.74, 6) is -1.14. The zero-order valence-electron chi connectivity index (χ0n) is 14.4. The number of nitrogens with one attached hydrogen (secondary N) is 1. The highest BCUT2D eigenvalue weighted by molar-refractivity contribution is 7.51. The first-order chi connectivity index (χ1) is 10.8. The highest BCUT2D eigenvalue weighted by Gasteiger charge is 2.11. The van der Waals surface area contributed by atoms with Crippen LogP contribution in [0.4, 0.5) is 0 Å². The van der Waals surface area contributed by atoms with Crippen LogP contribution in [0.25, 0.3) is 0 Å². The van der Waals surface area contributed by atoms with Gasteiger partial charge in [-0.05, 0) is 13.0 Å². The molecule has 0 unspecified atom stereocenters. The molecule has 0 aliphatic rings. The van der Waals surface area contributed by atoms with Gasteiger partial charge in [-0.2, -0.15) is 0 Å². The van der Waals surface area contributed by atoms with Gasteiger partial charge in [-0.25, -0.2) is 0 Å². The predicted molar refractivity (Wildman–Crippen MR) is 93.4 cm³/mol. The number of nitrogens with two attached hydrogens (primary N) is 1. The van der Waals surface area contributed by atoms with Crippen molar-refractivity contribution in [3.63, 3.8) is 0 Å². The van der Waals surface area contributed by atoms with Crippen LogP contribution in [0.5, 0.6) is 0 Å². The fourth-order valence-corrected chi connectivity index (χ4v) is 2.34. The van der Waals surface area contributed by atoms with E-state index in [0.717, 1.165) is 6.54 Å². The van der Waals surface area contributed by atoms with Crippen LogP contribution in [-0.4, -0.2) is 40.2 Å². The fourth-order valence-electron chi connectivity index (χ4n) is 1.94. The molecule has 0 aromatic carbocycles. The molecule has 0 amide bonds. The third kappa shape index (κ3) is 30.1. The van der Waals surface area contributed by atoms with Gasteiger partial charge in [0.2, 0.25) is 0 Å². The second-order valence-corrected chi connectivity index (χ2v) is 7.26. The van der Waals surface area contributed by atoms with E-state index >= 15 is 0 Å². The van der Waals surface area contributed by atoms with Gasteiger partial charge in [-0.3, -0.25) is 14.7 Å². The number of aliphatic carboxylic acids is 1. The van der Waals surface area contributed by atoms with Gasteiger partial charge < -0.3 is 20.6 Å². The Bertz CT molecular complexity index is 300. The number of hydrogen-bond donors (Lipinski definition) is 5. The lowest BCUT2D eigenvalue weighted by Gasteiger charge is -2.02. The highest BCUT2D eigenvalue weighted by Crippen LogP contribution is 2.31. The molecule has 8 heteroatoms. The van der Waals surface area contributed by atoms with Crippen molar-refractivity contribution in [1.82, 2.24) is 5.32 Å². The first kappa shape index (κ1) is 24.8. The quantitative estimate of drug-likeness (QED) is 0.239. The maximum atomic E-state index is 10.1. The molecule has 0 heterocycles. The van der Waals surface area contributed by atoms with E-state index in [4.69, 9.17) is 20.6 Å². The van der Waals surface area contributed by atoms with Crippen molar-refractivity contribution in [2.45, 2.75) is 71.1 Å². The lowest BCUT2D eigenvalue weighted by molar-refractivity contribution is -0.135. The predicted octanol–water partition coefficient (Wildman–Crippen LogP) is 2.66. The molecule has 0 aromatic rings. The molecule has 6 N–H and O–H groups in total. The molecule has 0 atom stereocenters. The molecule has 0 aliphatic heterocycles. The summed E-state index contributed by atoms with van der Waals surface area (Å²) in [6.45, 7) is 2.70. The van der Waals surface area contributed by atoms with E-state index in [1.54, 1.807) is 0 Å². The van der Waals surface area contributed by atoms with Gasteiger partial charge in [0.1, 0.15) is 0 Å². The Balaban J connectivity index is 0. The molecule has 0 rings (SSSR count). The van der Waals surface area contributed by atoms with Crippen LogP contribution in [0.2, 0.25) is 0 Å².